The standard InChI is InChI=1S/C14H17N7O2/c1-22-13-4-11(19-20-13)17-12-6-15-10-5-16-21(14(10)18-12)7-9-2-3-23-8-9/h4-6,9H,2-3,7-8H2,1H3,(H2,17,18,19,20)/t9-/m1/s1. The second-order valence-corrected chi connectivity index (χ2v) is 5.47. The fourth-order valence-electron chi connectivity index (χ4n) is 2.62. The van der Waals surface area contributed by atoms with E-state index >= 15 is 0 Å². The Kier molecular flexibility index (Phi) is 3.54. The van der Waals surface area contributed by atoms with E-state index in [1.54, 1.807) is 25.6 Å². The normalized spacial score (nSPS) is 17.7. The molecule has 0 spiro atoms. The zero-order chi connectivity index (χ0) is 15.6. The number of nitrogens with one attached hydrogen (secondary N) is 2. The molecule has 1 aliphatic rings. The van der Waals surface area contributed by atoms with E-state index in [-0.39, 0.29) is 0 Å². The summed E-state index contributed by atoms with van der Waals surface area (Å²) in [5.74, 6) is 2.28. The average Bonchev–Trinajstić information content (AvgIpc) is 3.30. The first kappa shape index (κ1) is 13.9. The molecule has 3 aromatic heterocycles. The van der Waals surface area contributed by atoms with Crippen LogP contribution in [0.5, 0.6) is 5.88 Å². The van der Waals surface area contributed by atoms with E-state index in [9.17, 15) is 0 Å². The second kappa shape index (κ2) is 5.84. The number of anilines is 2. The summed E-state index contributed by atoms with van der Waals surface area (Å²) in [4.78, 5) is 8.99. The van der Waals surface area contributed by atoms with Gasteiger partial charge in [-0.25, -0.2) is 19.7 Å². The molecule has 9 nitrogen and oxygen atoms in total. The molecule has 0 aromatic carbocycles. The van der Waals surface area contributed by atoms with Gasteiger partial charge in [0.15, 0.2) is 17.3 Å². The molecule has 1 aliphatic heterocycles. The smallest absolute Gasteiger partial charge is 0.210 e. The van der Waals surface area contributed by atoms with Crippen molar-refractivity contribution < 1.29 is 9.47 Å². The van der Waals surface area contributed by atoms with Crippen LogP contribution in [0.2, 0.25) is 0 Å². The van der Waals surface area contributed by atoms with Crippen LogP contribution in [0, 0.1) is 5.92 Å². The molecule has 0 amide bonds. The van der Waals surface area contributed by atoms with Crippen molar-refractivity contribution in [3.8, 4) is 5.88 Å². The summed E-state index contributed by atoms with van der Waals surface area (Å²) in [5.41, 5.74) is 1.53. The van der Waals surface area contributed by atoms with Gasteiger partial charge in [-0.15, -0.1) is 0 Å². The highest BCUT2D eigenvalue weighted by Crippen LogP contribution is 2.20. The lowest BCUT2D eigenvalue weighted by atomic mass is 10.1. The third-order valence-electron chi connectivity index (χ3n) is 3.83. The van der Waals surface area contributed by atoms with Crippen molar-refractivity contribution in [1.29, 1.82) is 0 Å². The highest BCUT2D eigenvalue weighted by molar-refractivity contribution is 5.71. The summed E-state index contributed by atoms with van der Waals surface area (Å²) in [6.07, 6.45) is 4.45. The number of nitrogens with zero attached hydrogens (tertiary/aromatic N) is 5. The molecular formula is C14H17N7O2. The molecule has 1 atom stereocenters. The SMILES string of the molecule is COc1cc(Nc2cnc3cnn(C[C@H]4CCOC4)c3n2)n[nH]1. The third kappa shape index (κ3) is 2.82. The number of aromatic nitrogens is 6. The van der Waals surface area contributed by atoms with Gasteiger partial charge in [0.2, 0.25) is 5.88 Å². The molecule has 0 saturated carbocycles. The Morgan fingerprint density at radius 1 is 1.43 bits per heavy atom. The number of hydrogen-bond donors (Lipinski definition) is 2. The lowest BCUT2D eigenvalue weighted by molar-refractivity contribution is 0.182. The van der Waals surface area contributed by atoms with Crippen molar-refractivity contribution in [3.63, 3.8) is 0 Å². The minimum atomic E-state index is 0.479. The van der Waals surface area contributed by atoms with E-state index in [0.717, 1.165) is 37.3 Å². The fourth-order valence-corrected chi connectivity index (χ4v) is 2.62. The van der Waals surface area contributed by atoms with Crippen molar-refractivity contribution in [2.45, 2.75) is 13.0 Å². The van der Waals surface area contributed by atoms with Gasteiger partial charge in [-0.05, 0) is 6.42 Å². The number of fused-ring (bicyclic) bond motifs is 1. The van der Waals surface area contributed by atoms with Crippen LogP contribution in [0.3, 0.4) is 0 Å². The Morgan fingerprint density at radius 3 is 3.17 bits per heavy atom. The van der Waals surface area contributed by atoms with Gasteiger partial charge in [0.1, 0.15) is 5.52 Å². The molecule has 1 fully saturated rings. The maximum atomic E-state index is 5.42. The molecule has 1 saturated heterocycles. The summed E-state index contributed by atoms with van der Waals surface area (Å²) in [6, 6.07) is 1.75. The zero-order valence-electron chi connectivity index (χ0n) is 12.7. The Morgan fingerprint density at radius 2 is 2.39 bits per heavy atom. The zero-order valence-corrected chi connectivity index (χ0v) is 12.7. The van der Waals surface area contributed by atoms with Crippen LogP contribution in [0.25, 0.3) is 11.2 Å². The van der Waals surface area contributed by atoms with Gasteiger partial charge in [-0.3, -0.25) is 0 Å². The van der Waals surface area contributed by atoms with E-state index < -0.39 is 0 Å². The van der Waals surface area contributed by atoms with Gasteiger partial charge < -0.3 is 14.8 Å². The number of H-pyrrole nitrogens is 1. The number of rotatable bonds is 5. The Bertz CT molecular complexity index is 806. The highest BCUT2D eigenvalue weighted by atomic mass is 16.5. The second-order valence-electron chi connectivity index (χ2n) is 5.47. The van der Waals surface area contributed by atoms with Crippen LogP contribution in [0.15, 0.2) is 18.5 Å². The van der Waals surface area contributed by atoms with Gasteiger partial charge in [0.05, 0.1) is 26.1 Å². The first-order valence-corrected chi connectivity index (χ1v) is 7.44. The van der Waals surface area contributed by atoms with Crippen molar-refractivity contribution in [2.24, 2.45) is 5.92 Å². The molecule has 0 bridgehead atoms. The molecule has 2 N–H and O–H groups in total. The summed E-state index contributed by atoms with van der Waals surface area (Å²) in [7, 11) is 1.58. The summed E-state index contributed by atoms with van der Waals surface area (Å²) < 4.78 is 12.4. The van der Waals surface area contributed by atoms with Crippen LogP contribution >= 0.6 is 0 Å². The summed E-state index contributed by atoms with van der Waals surface area (Å²) in [5, 5.41) is 14.3. The summed E-state index contributed by atoms with van der Waals surface area (Å²) in [6.45, 7) is 2.39. The first-order chi connectivity index (χ1) is 11.3. The monoisotopic (exact) mass is 315 g/mol. The van der Waals surface area contributed by atoms with Gasteiger partial charge in [-0.1, -0.05) is 0 Å². The molecule has 4 rings (SSSR count). The maximum absolute atomic E-state index is 5.42. The third-order valence-corrected chi connectivity index (χ3v) is 3.83. The van der Waals surface area contributed by atoms with Crippen molar-refractivity contribution in [3.05, 3.63) is 18.5 Å². The molecule has 3 aromatic rings. The minimum absolute atomic E-state index is 0.479. The first-order valence-electron chi connectivity index (χ1n) is 7.44. The van der Waals surface area contributed by atoms with Crippen LogP contribution in [0.1, 0.15) is 6.42 Å². The molecule has 0 aliphatic carbocycles. The van der Waals surface area contributed by atoms with E-state index in [0.29, 0.717) is 23.4 Å². The van der Waals surface area contributed by atoms with Crippen LogP contribution in [0.4, 0.5) is 11.6 Å². The van der Waals surface area contributed by atoms with Gasteiger partial charge in [-0.2, -0.15) is 10.2 Å². The molecule has 0 radical (unpaired) electrons. The predicted molar refractivity (Wildman–Crippen MR) is 82.7 cm³/mol. The van der Waals surface area contributed by atoms with E-state index in [1.165, 1.54) is 0 Å². The fraction of sp³-hybridized carbons (Fsp3) is 0.429. The van der Waals surface area contributed by atoms with Crippen LogP contribution in [-0.2, 0) is 11.3 Å². The van der Waals surface area contributed by atoms with Crippen molar-refractivity contribution in [1.82, 2.24) is 29.9 Å². The molecule has 4 heterocycles. The van der Waals surface area contributed by atoms with Crippen molar-refractivity contribution in [2.75, 3.05) is 25.6 Å². The maximum Gasteiger partial charge on any atom is 0.210 e. The topological polar surface area (TPSA) is 103 Å². The van der Waals surface area contributed by atoms with Crippen LogP contribution < -0.4 is 10.1 Å². The van der Waals surface area contributed by atoms with Crippen LogP contribution in [-0.4, -0.2) is 50.3 Å². The van der Waals surface area contributed by atoms with Gasteiger partial charge in [0, 0.05) is 25.1 Å². The number of ether oxygens (including phenoxy) is 2. The van der Waals surface area contributed by atoms with E-state index in [4.69, 9.17) is 9.47 Å². The highest BCUT2D eigenvalue weighted by Gasteiger charge is 2.18. The minimum Gasteiger partial charge on any atom is -0.481 e. The average molecular weight is 315 g/mol. The largest absolute Gasteiger partial charge is 0.481 e. The quantitative estimate of drug-likeness (QED) is 0.732. The van der Waals surface area contributed by atoms with E-state index in [1.807, 2.05) is 4.68 Å². The summed E-state index contributed by atoms with van der Waals surface area (Å²) >= 11 is 0. The Balaban J connectivity index is 1.58. The number of aromatic amines is 1. The molecule has 120 valence electrons. The molecular weight excluding hydrogens is 298 g/mol. The lowest BCUT2D eigenvalue weighted by Gasteiger charge is -2.08. The molecule has 9 heteroatoms. The number of methoxy groups -OCH3 is 1. The van der Waals surface area contributed by atoms with Gasteiger partial charge >= 0.3 is 0 Å². The Labute approximate surface area is 132 Å². The van der Waals surface area contributed by atoms with Gasteiger partial charge in [0.25, 0.3) is 0 Å². The molecule has 0 unspecified atom stereocenters. The number of hydrogen-bond acceptors (Lipinski definition) is 7. The Hall–Kier alpha value is -2.68. The lowest BCUT2D eigenvalue weighted by Crippen LogP contribution is -2.12. The van der Waals surface area contributed by atoms with Crippen molar-refractivity contribution >= 4 is 22.8 Å². The van der Waals surface area contributed by atoms with E-state index in [2.05, 4.69) is 30.6 Å². The molecule has 23 heavy (non-hydrogen) atoms. The predicted octanol–water partition coefficient (Wildman–Crippen LogP) is 1.34.